The van der Waals surface area contributed by atoms with Crippen LogP contribution in [0.25, 0.3) is 0 Å². The minimum atomic E-state index is -0.624. The van der Waals surface area contributed by atoms with Crippen LogP contribution in [0.4, 0.5) is 0 Å². The quantitative estimate of drug-likeness (QED) is 0.570. The molecule has 0 unspecified atom stereocenters. The van der Waals surface area contributed by atoms with Gasteiger partial charge in [0, 0.05) is 11.6 Å². The Kier molecular flexibility index (Phi) is 3.88. The number of methoxy groups -OCH3 is 3. The fraction of sp³-hybridized carbons (Fsp3) is 0.273. The van der Waals surface area contributed by atoms with E-state index in [-0.39, 0.29) is 16.9 Å². The van der Waals surface area contributed by atoms with Gasteiger partial charge in [-0.25, -0.2) is 4.79 Å². The largest absolute Gasteiger partial charge is 0.497 e. The first-order valence-electron chi connectivity index (χ1n) is 4.47. The molecule has 0 saturated heterocycles. The van der Waals surface area contributed by atoms with Crippen LogP contribution < -0.4 is 9.47 Å². The summed E-state index contributed by atoms with van der Waals surface area (Å²) in [5.41, 5.74) is 0.267. The van der Waals surface area contributed by atoms with Crippen LogP contribution in [0.1, 0.15) is 20.7 Å². The monoisotopic (exact) mass is 224 g/mol. The summed E-state index contributed by atoms with van der Waals surface area (Å²) in [6.07, 6.45) is 0.553. The Morgan fingerprint density at radius 3 is 2.31 bits per heavy atom. The van der Waals surface area contributed by atoms with E-state index in [1.807, 2.05) is 0 Å². The molecule has 0 saturated carbocycles. The minimum absolute atomic E-state index is 0.0980. The molecule has 0 aliphatic carbocycles. The van der Waals surface area contributed by atoms with Gasteiger partial charge < -0.3 is 14.2 Å². The molecular formula is C11H12O5. The summed E-state index contributed by atoms with van der Waals surface area (Å²) in [7, 11) is 4.09. The number of hydrogen-bond donors (Lipinski definition) is 0. The number of rotatable bonds is 4. The predicted octanol–water partition coefficient (Wildman–Crippen LogP) is 1.30. The van der Waals surface area contributed by atoms with Crippen molar-refractivity contribution < 1.29 is 23.8 Å². The molecule has 0 fully saturated rings. The van der Waals surface area contributed by atoms with Crippen molar-refractivity contribution >= 4 is 12.3 Å². The first-order chi connectivity index (χ1) is 7.67. The second-order valence-electron chi connectivity index (χ2n) is 2.90. The molecule has 0 radical (unpaired) electrons. The second-order valence-corrected chi connectivity index (χ2v) is 2.90. The van der Waals surface area contributed by atoms with Gasteiger partial charge in [0.2, 0.25) is 0 Å². The highest BCUT2D eigenvalue weighted by molar-refractivity contribution is 6.01. The fourth-order valence-electron chi connectivity index (χ4n) is 1.30. The van der Waals surface area contributed by atoms with Gasteiger partial charge in [-0.1, -0.05) is 0 Å². The van der Waals surface area contributed by atoms with E-state index >= 15 is 0 Å². The van der Waals surface area contributed by atoms with Crippen LogP contribution >= 0.6 is 0 Å². The zero-order valence-corrected chi connectivity index (χ0v) is 9.27. The molecule has 1 aromatic carbocycles. The molecule has 0 bridgehead atoms. The lowest BCUT2D eigenvalue weighted by atomic mass is 10.1. The van der Waals surface area contributed by atoms with Gasteiger partial charge in [-0.15, -0.1) is 0 Å². The summed E-state index contributed by atoms with van der Waals surface area (Å²) >= 11 is 0. The smallest absolute Gasteiger partial charge is 0.342 e. The molecule has 0 amide bonds. The maximum atomic E-state index is 11.5. The first-order valence-corrected chi connectivity index (χ1v) is 4.47. The third-order valence-electron chi connectivity index (χ3n) is 2.08. The maximum Gasteiger partial charge on any atom is 0.342 e. The topological polar surface area (TPSA) is 61.8 Å². The Labute approximate surface area is 92.9 Å². The molecule has 5 heteroatoms. The number of ether oxygens (including phenoxy) is 3. The van der Waals surface area contributed by atoms with Crippen LogP contribution in [0.15, 0.2) is 12.1 Å². The van der Waals surface area contributed by atoms with Gasteiger partial charge in [0.05, 0.1) is 21.3 Å². The van der Waals surface area contributed by atoms with Crippen molar-refractivity contribution in [3.63, 3.8) is 0 Å². The highest BCUT2D eigenvalue weighted by atomic mass is 16.5. The van der Waals surface area contributed by atoms with Crippen molar-refractivity contribution in [3.8, 4) is 11.5 Å². The van der Waals surface area contributed by atoms with E-state index in [0.717, 1.165) is 0 Å². The van der Waals surface area contributed by atoms with Crippen LogP contribution in [-0.2, 0) is 4.74 Å². The second kappa shape index (κ2) is 5.16. The molecule has 0 spiro atoms. The van der Waals surface area contributed by atoms with Gasteiger partial charge in [0.1, 0.15) is 17.1 Å². The predicted molar refractivity (Wildman–Crippen MR) is 56.3 cm³/mol. The maximum absolute atomic E-state index is 11.5. The van der Waals surface area contributed by atoms with E-state index in [2.05, 4.69) is 4.74 Å². The molecule has 5 nitrogen and oxygen atoms in total. The Hall–Kier alpha value is -2.04. The number of aldehydes is 1. The van der Waals surface area contributed by atoms with Crippen molar-refractivity contribution in [1.29, 1.82) is 0 Å². The molecule has 0 aliphatic rings. The zero-order chi connectivity index (χ0) is 12.1. The van der Waals surface area contributed by atoms with Crippen molar-refractivity contribution in [2.75, 3.05) is 21.3 Å². The standard InChI is InChI=1S/C11H12O5/c1-14-8-4-7(6-12)10(11(13)16-3)9(5-8)15-2/h4-6H,1-3H3. The number of carbonyl (C=O) groups is 2. The Bertz CT molecular complexity index is 411. The SMILES string of the molecule is COC(=O)c1c(C=O)cc(OC)cc1OC. The van der Waals surface area contributed by atoms with E-state index < -0.39 is 5.97 Å². The van der Waals surface area contributed by atoms with Crippen molar-refractivity contribution in [2.24, 2.45) is 0 Å². The van der Waals surface area contributed by atoms with E-state index in [1.54, 1.807) is 0 Å². The Balaban J connectivity index is 3.43. The molecule has 0 atom stereocenters. The lowest BCUT2D eigenvalue weighted by Crippen LogP contribution is -2.08. The number of esters is 1. The molecule has 0 heterocycles. The first kappa shape index (κ1) is 12.0. The van der Waals surface area contributed by atoms with Crippen LogP contribution in [0.5, 0.6) is 11.5 Å². The number of carbonyl (C=O) groups excluding carboxylic acids is 2. The van der Waals surface area contributed by atoms with Crippen LogP contribution in [0.2, 0.25) is 0 Å². The minimum Gasteiger partial charge on any atom is -0.497 e. The van der Waals surface area contributed by atoms with Gasteiger partial charge in [-0.3, -0.25) is 4.79 Å². The van der Waals surface area contributed by atoms with Crippen LogP contribution in [0.3, 0.4) is 0 Å². The fourth-order valence-corrected chi connectivity index (χ4v) is 1.30. The van der Waals surface area contributed by atoms with E-state index in [4.69, 9.17) is 9.47 Å². The van der Waals surface area contributed by atoms with Crippen molar-refractivity contribution in [3.05, 3.63) is 23.3 Å². The van der Waals surface area contributed by atoms with Gasteiger partial charge in [0.25, 0.3) is 0 Å². The molecule has 16 heavy (non-hydrogen) atoms. The molecule has 0 aromatic heterocycles. The third-order valence-corrected chi connectivity index (χ3v) is 2.08. The van der Waals surface area contributed by atoms with Gasteiger partial charge in [0.15, 0.2) is 6.29 Å². The summed E-state index contributed by atoms with van der Waals surface area (Å²) in [4.78, 5) is 22.3. The highest BCUT2D eigenvalue weighted by Gasteiger charge is 2.19. The average molecular weight is 224 g/mol. The van der Waals surface area contributed by atoms with E-state index in [9.17, 15) is 9.59 Å². The van der Waals surface area contributed by atoms with Gasteiger partial charge in [-0.2, -0.15) is 0 Å². The van der Waals surface area contributed by atoms with Gasteiger partial charge >= 0.3 is 5.97 Å². The average Bonchev–Trinajstić information content (AvgIpc) is 2.35. The summed E-state index contributed by atoms with van der Waals surface area (Å²) in [5.74, 6) is 0.0570. The van der Waals surface area contributed by atoms with Gasteiger partial charge in [-0.05, 0) is 6.07 Å². The summed E-state index contributed by atoms with van der Waals surface area (Å²) in [6, 6.07) is 2.96. The van der Waals surface area contributed by atoms with E-state index in [1.165, 1.54) is 33.5 Å². The van der Waals surface area contributed by atoms with Crippen LogP contribution in [-0.4, -0.2) is 33.6 Å². The highest BCUT2D eigenvalue weighted by Crippen LogP contribution is 2.28. The summed E-state index contributed by atoms with van der Waals surface area (Å²) in [5, 5.41) is 0. The number of benzene rings is 1. The van der Waals surface area contributed by atoms with E-state index in [0.29, 0.717) is 12.0 Å². The molecular weight excluding hydrogens is 212 g/mol. The van der Waals surface area contributed by atoms with Crippen molar-refractivity contribution in [1.82, 2.24) is 0 Å². The van der Waals surface area contributed by atoms with Crippen molar-refractivity contribution in [2.45, 2.75) is 0 Å². The summed E-state index contributed by atoms with van der Waals surface area (Å²) < 4.78 is 14.6. The normalized spacial score (nSPS) is 9.44. The molecule has 1 rings (SSSR count). The molecule has 0 aliphatic heterocycles. The molecule has 0 N–H and O–H groups in total. The molecule has 86 valence electrons. The Morgan fingerprint density at radius 2 is 1.88 bits per heavy atom. The number of hydrogen-bond acceptors (Lipinski definition) is 5. The lowest BCUT2D eigenvalue weighted by molar-refractivity contribution is 0.0594. The zero-order valence-electron chi connectivity index (χ0n) is 9.27. The lowest BCUT2D eigenvalue weighted by Gasteiger charge is -2.11. The summed E-state index contributed by atoms with van der Waals surface area (Å²) in [6.45, 7) is 0. The Morgan fingerprint density at radius 1 is 1.19 bits per heavy atom. The van der Waals surface area contributed by atoms with Crippen LogP contribution in [0, 0.1) is 0 Å². The third kappa shape index (κ3) is 2.13. The molecule has 1 aromatic rings.